The van der Waals surface area contributed by atoms with Crippen LogP contribution in [-0.2, 0) is 16.4 Å². The number of nitrogens with one attached hydrogen (secondary N) is 2. The first-order valence-electron chi connectivity index (χ1n) is 14.3. The normalized spacial score (nSPS) is 18.4. The summed E-state index contributed by atoms with van der Waals surface area (Å²) < 4.78 is 23.3. The highest BCUT2D eigenvalue weighted by molar-refractivity contribution is 7.91. The molecule has 0 bridgehead atoms. The molecular formula is C32H33N5O5S. The van der Waals surface area contributed by atoms with Crippen LogP contribution in [0.25, 0.3) is 22.4 Å². The van der Waals surface area contributed by atoms with Crippen molar-refractivity contribution in [3.8, 4) is 22.4 Å². The van der Waals surface area contributed by atoms with Crippen LogP contribution >= 0.6 is 0 Å². The van der Waals surface area contributed by atoms with Gasteiger partial charge in [0.2, 0.25) is 0 Å². The zero-order valence-corrected chi connectivity index (χ0v) is 24.4. The number of carbonyl (C=O) groups excluding carboxylic acids is 1. The Morgan fingerprint density at radius 1 is 0.930 bits per heavy atom. The molecule has 4 aromatic rings. The van der Waals surface area contributed by atoms with Gasteiger partial charge < -0.3 is 15.4 Å². The number of amides is 2. The number of aromatic nitrogens is 2. The van der Waals surface area contributed by atoms with Gasteiger partial charge in [0.05, 0.1) is 29.4 Å². The summed E-state index contributed by atoms with van der Waals surface area (Å²) in [5.74, 6) is 0.851. The monoisotopic (exact) mass is 599 g/mol. The summed E-state index contributed by atoms with van der Waals surface area (Å²) in [6, 6.07) is 22.8. The summed E-state index contributed by atoms with van der Waals surface area (Å²) in [6.45, 7) is 2.28. The topological polar surface area (TPSA) is 136 Å². The molecule has 0 radical (unpaired) electrons. The zero-order chi connectivity index (χ0) is 30.0. The van der Waals surface area contributed by atoms with Crippen molar-refractivity contribution >= 4 is 27.5 Å². The molecule has 3 aromatic carbocycles. The van der Waals surface area contributed by atoms with E-state index in [1.165, 1.54) is 4.90 Å². The number of nitrogens with zero attached hydrogens (tertiary/aromatic N) is 3. The number of benzene rings is 3. The fraction of sp³-hybridized carbons (Fsp3) is 0.281. The Labute approximate surface area is 250 Å². The van der Waals surface area contributed by atoms with Crippen molar-refractivity contribution in [2.45, 2.75) is 25.4 Å². The maximum Gasteiger partial charge on any atom is 0.407 e. The summed E-state index contributed by atoms with van der Waals surface area (Å²) >= 11 is 0. The van der Waals surface area contributed by atoms with Crippen molar-refractivity contribution in [3.63, 3.8) is 0 Å². The van der Waals surface area contributed by atoms with E-state index in [0.717, 1.165) is 40.8 Å². The predicted molar refractivity (Wildman–Crippen MR) is 164 cm³/mol. The van der Waals surface area contributed by atoms with Gasteiger partial charge in [-0.1, -0.05) is 42.5 Å². The number of likely N-dealkylation sites (tertiary alicyclic amines) is 1. The molecule has 2 saturated heterocycles. The lowest BCUT2D eigenvalue weighted by Crippen LogP contribution is -2.39. The van der Waals surface area contributed by atoms with Crippen LogP contribution in [-0.4, -0.2) is 76.4 Å². The van der Waals surface area contributed by atoms with Gasteiger partial charge in [0.1, 0.15) is 5.82 Å². The molecule has 0 aliphatic carbocycles. The molecule has 6 rings (SSSR count). The van der Waals surface area contributed by atoms with Gasteiger partial charge in [-0.15, -0.1) is 0 Å². The van der Waals surface area contributed by atoms with E-state index in [1.807, 2.05) is 60.7 Å². The molecule has 3 N–H and O–H groups in total. The number of hydrogen-bond acceptors (Lipinski definition) is 6. The van der Waals surface area contributed by atoms with E-state index < -0.39 is 15.9 Å². The molecule has 222 valence electrons. The molecule has 3 heterocycles. The highest BCUT2D eigenvalue weighted by Crippen LogP contribution is 2.32. The van der Waals surface area contributed by atoms with Gasteiger partial charge in [0, 0.05) is 43.0 Å². The van der Waals surface area contributed by atoms with Crippen LogP contribution in [0.3, 0.4) is 0 Å². The summed E-state index contributed by atoms with van der Waals surface area (Å²) in [5.41, 5.74) is 5.99. The second-order valence-corrected chi connectivity index (χ2v) is 13.4. The summed E-state index contributed by atoms with van der Waals surface area (Å²) in [5, 5.41) is 12.4. The number of hydrogen-bond donors (Lipinski definition) is 3. The molecule has 2 fully saturated rings. The molecular weight excluding hydrogens is 566 g/mol. The van der Waals surface area contributed by atoms with Gasteiger partial charge >= 0.3 is 6.09 Å². The van der Waals surface area contributed by atoms with E-state index in [2.05, 4.69) is 20.2 Å². The Morgan fingerprint density at radius 3 is 2.37 bits per heavy atom. The van der Waals surface area contributed by atoms with Crippen molar-refractivity contribution in [3.05, 3.63) is 95.9 Å². The van der Waals surface area contributed by atoms with E-state index in [0.29, 0.717) is 43.3 Å². The first kappa shape index (κ1) is 28.6. The number of imidazole rings is 1. The third kappa shape index (κ3) is 6.63. The van der Waals surface area contributed by atoms with Crippen LogP contribution in [0.15, 0.2) is 79.0 Å². The number of sulfone groups is 1. The van der Waals surface area contributed by atoms with E-state index in [4.69, 9.17) is 0 Å². The third-order valence-electron chi connectivity index (χ3n) is 8.12. The number of carbonyl (C=O) groups is 2. The summed E-state index contributed by atoms with van der Waals surface area (Å²) in [6.07, 6.45) is 2.38. The van der Waals surface area contributed by atoms with Gasteiger partial charge in [-0.3, -0.25) is 14.6 Å². The highest BCUT2D eigenvalue weighted by atomic mass is 32.2. The Hall–Kier alpha value is -4.48. The number of anilines is 1. The van der Waals surface area contributed by atoms with E-state index >= 15 is 0 Å². The lowest BCUT2D eigenvalue weighted by atomic mass is 10.0. The molecule has 2 aliphatic heterocycles. The fourth-order valence-electron chi connectivity index (χ4n) is 5.68. The molecule has 11 heteroatoms. The highest BCUT2D eigenvalue weighted by Gasteiger charge is 2.31. The lowest BCUT2D eigenvalue weighted by molar-refractivity contribution is 0.102. The number of aromatic amines is 1. The van der Waals surface area contributed by atoms with Crippen molar-refractivity contribution in [2.24, 2.45) is 0 Å². The van der Waals surface area contributed by atoms with E-state index in [9.17, 15) is 23.1 Å². The maximum atomic E-state index is 12.9. The smallest absolute Gasteiger partial charge is 0.407 e. The average molecular weight is 600 g/mol. The largest absolute Gasteiger partial charge is 0.465 e. The Kier molecular flexibility index (Phi) is 8.00. The van der Waals surface area contributed by atoms with Crippen molar-refractivity contribution in [2.75, 3.05) is 36.5 Å². The first-order chi connectivity index (χ1) is 20.7. The molecule has 2 aliphatic rings. The average Bonchev–Trinajstić information content (AvgIpc) is 3.70. The van der Waals surface area contributed by atoms with Gasteiger partial charge in [-0.2, -0.15) is 0 Å². The SMILES string of the molecule is O=C(Nc1ccc(CN2CCS(=O)(=O)CC2)cc1)c1ccc(-c2cccc(-c3cnc(C4CCCN4C(=O)O)[nH]3)c2)cc1. The molecule has 2 amide bonds. The van der Waals surface area contributed by atoms with Gasteiger partial charge in [-0.25, -0.2) is 18.2 Å². The summed E-state index contributed by atoms with van der Waals surface area (Å²) in [7, 11) is -2.90. The molecule has 43 heavy (non-hydrogen) atoms. The molecule has 1 aromatic heterocycles. The molecule has 10 nitrogen and oxygen atoms in total. The lowest BCUT2D eigenvalue weighted by Gasteiger charge is -2.26. The molecule has 1 atom stereocenters. The van der Waals surface area contributed by atoms with E-state index in [1.54, 1.807) is 18.3 Å². The minimum atomic E-state index is -2.90. The van der Waals surface area contributed by atoms with E-state index in [-0.39, 0.29) is 23.5 Å². The Bertz CT molecular complexity index is 1720. The van der Waals surface area contributed by atoms with Crippen LogP contribution in [0.1, 0.15) is 40.6 Å². The van der Waals surface area contributed by atoms with Gasteiger partial charge in [-0.05, 0) is 59.9 Å². The number of carboxylic acid groups (broad SMARTS) is 1. The van der Waals surface area contributed by atoms with Crippen LogP contribution in [0.5, 0.6) is 0 Å². The standard InChI is InChI=1S/C32H33N5O5S/c38-31(34-27-12-6-22(7-13-27)21-36-15-17-43(41,42)18-16-36)24-10-8-23(9-11-24)25-3-1-4-26(19-25)28-20-33-30(35-28)29-5-2-14-37(29)32(39)40/h1,3-4,6-13,19-20,29H,2,5,14-18,21H2,(H,33,35)(H,34,38)(H,39,40). The van der Waals surface area contributed by atoms with Crippen molar-refractivity contribution in [1.82, 2.24) is 19.8 Å². The summed E-state index contributed by atoms with van der Waals surface area (Å²) in [4.78, 5) is 35.8. The Morgan fingerprint density at radius 2 is 1.65 bits per heavy atom. The van der Waals surface area contributed by atoms with Crippen LogP contribution < -0.4 is 5.32 Å². The molecule has 0 saturated carbocycles. The van der Waals surface area contributed by atoms with Gasteiger partial charge in [0.25, 0.3) is 5.91 Å². The Balaban J connectivity index is 1.08. The van der Waals surface area contributed by atoms with Crippen LogP contribution in [0, 0.1) is 0 Å². The molecule has 0 spiro atoms. The van der Waals surface area contributed by atoms with Crippen molar-refractivity contribution in [1.29, 1.82) is 0 Å². The zero-order valence-electron chi connectivity index (χ0n) is 23.6. The number of H-pyrrole nitrogens is 1. The fourth-order valence-corrected chi connectivity index (χ4v) is 6.95. The van der Waals surface area contributed by atoms with Crippen LogP contribution in [0.4, 0.5) is 10.5 Å². The second-order valence-electron chi connectivity index (χ2n) is 11.1. The molecule has 1 unspecified atom stereocenters. The maximum absolute atomic E-state index is 12.9. The number of rotatable bonds is 7. The second kappa shape index (κ2) is 12.0. The minimum Gasteiger partial charge on any atom is -0.465 e. The van der Waals surface area contributed by atoms with Crippen molar-refractivity contribution < 1.29 is 23.1 Å². The predicted octanol–water partition coefficient (Wildman–Crippen LogP) is 5.04. The first-order valence-corrected chi connectivity index (χ1v) is 16.1. The quantitative estimate of drug-likeness (QED) is 0.271. The third-order valence-corrected chi connectivity index (χ3v) is 9.73. The van der Waals surface area contributed by atoms with Crippen LogP contribution in [0.2, 0.25) is 0 Å². The minimum absolute atomic E-state index is 0.200. The van der Waals surface area contributed by atoms with Gasteiger partial charge in [0.15, 0.2) is 9.84 Å².